The lowest BCUT2D eigenvalue weighted by Gasteiger charge is -2.42. The van der Waals surface area contributed by atoms with Gasteiger partial charge in [-0.2, -0.15) is 18.2 Å². The number of rotatable bonds is 12. The molecule has 232 valence electrons. The van der Waals surface area contributed by atoms with E-state index in [0.717, 1.165) is 37.7 Å². The van der Waals surface area contributed by atoms with Crippen molar-refractivity contribution in [2.75, 3.05) is 13.1 Å². The first-order valence-electron chi connectivity index (χ1n) is 14.5. The molecule has 1 atom stereocenters. The predicted octanol–water partition coefficient (Wildman–Crippen LogP) is 4.58. The van der Waals surface area contributed by atoms with E-state index in [4.69, 9.17) is 22.3 Å². The molecule has 13 heteroatoms. The Morgan fingerprint density at radius 3 is 2.45 bits per heavy atom. The summed E-state index contributed by atoms with van der Waals surface area (Å²) in [6.45, 7) is 0.495. The van der Waals surface area contributed by atoms with Crippen molar-refractivity contribution in [3.8, 4) is 16.9 Å². The minimum absolute atomic E-state index is 0.0763. The molecule has 1 fully saturated rings. The van der Waals surface area contributed by atoms with E-state index in [1.54, 1.807) is 18.3 Å². The van der Waals surface area contributed by atoms with Crippen LogP contribution in [0.2, 0.25) is 0 Å². The Hall–Kier alpha value is -4.65. The van der Waals surface area contributed by atoms with Crippen molar-refractivity contribution in [1.82, 2.24) is 24.8 Å². The van der Waals surface area contributed by atoms with Gasteiger partial charge in [0.2, 0.25) is 0 Å². The van der Waals surface area contributed by atoms with Crippen molar-refractivity contribution in [2.24, 2.45) is 11.5 Å². The van der Waals surface area contributed by atoms with Crippen molar-refractivity contribution in [1.29, 1.82) is 10.8 Å². The summed E-state index contributed by atoms with van der Waals surface area (Å²) in [5, 5.41) is 18.0. The summed E-state index contributed by atoms with van der Waals surface area (Å²) in [6.07, 6.45) is 2.65. The van der Waals surface area contributed by atoms with E-state index in [1.807, 2.05) is 30.3 Å². The quantitative estimate of drug-likeness (QED) is 0.0784. The molecule has 5 rings (SSSR count). The van der Waals surface area contributed by atoms with Gasteiger partial charge < -0.3 is 21.4 Å². The van der Waals surface area contributed by atoms with Gasteiger partial charge >= 0.3 is 11.9 Å². The van der Waals surface area contributed by atoms with Gasteiger partial charge in [0.05, 0.1) is 11.5 Å². The average molecular weight is 608 g/mol. The Kier molecular flexibility index (Phi) is 9.04. The molecule has 2 aromatic carbocycles. The molecule has 0 saturated carbocycles. The van der Waals surface area contributed by atoms with Crippen LogP contribution in [0.5, 0.6) is 0 Å². The summed E-state index contributed by atoms with van der Waals surface area (Å²) in [5.74, 6) is 0.0638. The van der Waals surface area contributed by atoms with Gasteiger partial charge in [-0.15, -0.1) is 0 Å². The summed E-state index contributed by atoms with van der Waals surface area (Å²) in [6, 6.07) is 13.4. The van der Waals surface area contributed by atoms with E-state index < -0.39 is 23.9 Å². The largest absolute Gasteiger partial charge is 0.407 e. The Morgan fingerprint density at radius 2 is 1.77 bits per heavy atom. The molecule has 1 unspecified atom stereocenters. The second-order valence-corrected chi connectivity index (χ2v) is 11.2. The Morgan fingerprint density at radius 1 is 1.05 bits per heavy atom. The van der Waals surface area contributed by atoms with Crippen LogP contribution >= 0.6 is 0 Å². The molecular weight excluding hydrogens is 571 g/mol. The number of guanidine groups is 1. The highest BCUT2D eigenvalue weighted by Gasteiger charge is 2.43. The van der Waals surface area contributed by atoms with Gasteiger partial charge in [-0.05, 0) is 54.2 Å². The molecule has 0 aliphatic carbocycles. The number of unbranched alkanes of at least 4 members (excludes halogenated alkanes) is 3. The lowest BCUT2D eigenvalue weighted by Crippen LogP contribution is -2.62. The summed E-state index contributed by atoms with van der Waals surface area (Å²) in [5.41, 5.74) is 13.9. The number of benzene rings is 2. The fourth-order valence-corrected chi connectivity index (χ4v) is 5.45. The van der Waals surface area contributed by atoms with Crippen LogP contribution < -0.4 is 22.5 Å². The topological polar surface area (TPSA) is 166 Å². The van der Waals surface area contributed by atoms with Gasteiger partial charge in [-0.1, -0.05) is 49.2 Å². The van der Waals surface area contributed by atoms with Gasteiger partial charge in [-0.3, -0.25) is 20.7 Å². The van der Waals surface area contributed by atoms with E-state index in [-0.39, 0.29) is 30.4 Å². The number of H-pyrrole nitrogens is 1. The van der Waals surface area contributed by atoms with Crippen LogP contribution in [0.3, 0.4) is 0 Å². The SMILES string of the molecule is N=C(N)CCCCCCc1cccc(-n2cc3cc(-c4ccc(C(NC5CN(C(=N)N)C5)C(F)(F)F)cc4)[nH]c3nc2=O)c1. The first kappa shape index (κ1) is 30.8. The molecule has 0 radical (unpaired) electrons. The monoisotopic (exact) mass is 607 g/mol. The molecule has 44 heavy (non-hydrogen) atoms. The van der Waals surface area contributed by atoms with Crippen LogP contribution in [0.25, 0.3) is 28.0 Å². The van der Waals surface area contributed by atoms with E-state index in [2.05, 4.69) is 15.3 Å². The van der Waals surface area contributed by atoms with Gasteiger partial charge in [0.15, 0.2) is 5.96 Å². The molecule has 1 aliphatic rings. The van der Waals surface area contributed by atoms with Crippen molar-refractivity contribution in [3.05, 3.63) is 82.4 Å². The summed E-state index contributed by atoms with van der Waals surface area (Å²) < 4.78 is 43.2. The molecule has 0 spiro atoms. The zero-order chi connectivity index (χ0) is 31.4. The van der Waals surface area contributed by atoms with Gasteiger partial charge in [0, 0.05) is 42.8 Å². The fraction of sp³-hybridized carbons (Fsp3) is 0.355. The normalized spacial score (nSPS) is 14.5. The molecule has 1 saturated heterocycles. The number of fused-ring (bicyclic) bond motifs is 1. The third-order valence-corrected chi connectivity index (χ3v) is 7.87. The highest BCUT2D eigenvalue weighted by molar-refractivity contribution is 5.82. The van der Waals surface area contributed by atoms with E-state index in [1.165, 1.54) is 21.6 Å². The number of nitrogens with zero attached hydrogens (tertiary/aromatic N) is 3. The molecule has 4 aromatic rings. The van der Waals surface area contributed by atoms with Crippen LogP contribution in [0.1, 0.15) is 49.3 Å². The fourth-order valence-electron chi connectivity index (χ4n) is 5.45. The molecule has 1 aliphatic heterocycles. The van der Waals surface area contributed by atoms with Gasteiger partial charge in [0.25, 0.3) is 0 Å². The number of aromatic nitrogens is 3. The third kappa shape index (κ3) is 7.28. The standard InChI is InChI=1S/C31H36F3N9O/c32-31(33,34)27(39-23-17-42(18-23)29(37)38)21-12-10-20(11-13-21)25-15-22-16-43(30(44)41-28(22)40-25)24-8-5-7-19(14-24)6-3-1-2-4-9-26(35)36/h5,7-8,10-16,23,27,39H,1-4,6,9,17-18H2,(H3,35,36)(H3,37,38)(H,40,41,44). The first-order chi connectivity index (χ1) is 21.0. The third-order valence-electron chi connectivity index (χ3n) is 7.87. The zero-order valence-corrected chi connectivity index (χ0v) is 24.1. The minimum Gasteiger partial charge on any atom is -0.388 e. The van der Waals surface area contributed by atoms with E-state index in [0.29, 0.717) is 34.4 Å². The zero-order valence-electron chi connectivity index (χ0n) is 24.1. The Balaban J connectivity index is 1.29. The molecule has 0 bridgehead atoms. The maximum Gasteiger partial charge on any atom is 0.407 e. The number of alkyl halides is 3. The number of hydrogen-bond acceptors (Lipinski definition) is 5. The van der Waals surface area contributed by atoms with E-state index in [9.17, 15) is 18.0 Å². The minimum atomic E-state index is -4.51. The Bertz CT molecular complexity index is 1690. The number of likely N-dealkylation sites (tertiary alicyclic amines) is 1. The number of nitrogens with one attached hydrogen (secondary N) is 4. The number of aryl methyl sites for hydroxylation is 1. The summed E-state index contributed by atoms with van der Waals surface area (Å²) in [4.78, 5) is 21.8. The van der Waals surface area contributed by atoms with Gasteiger partial charge in [-0.25, -0.2) is 4.79 Å². The first-order valence-corrected chi connectivity index (χ1v) is 14.5. The van der Waals surface area contributed by atoms with Crippen LogP contribution in [-0.4, -0.2) is 56.5 Å². The molecule has 0 amide bonds. The second kappa shape index (κ2) is 12.9. The number of aromatic amines is 1. The summed E-state index contributed by atoms with van der Waals surface area (Å²) in [7, 11) is 0. The molecular formula is C31H36F3N9O. The number of nitrogens with two attached hydrogens (primary N) is 2. The highest BCUT2D eigenvalue weighted by Crippen LogP contribution is 2.35. The average Bonchev–Trinajstić information content (AvgIpc) is 3.36. The molecule has 8 N–H and O–H groups in total. The number of halogens is 3. The smallest absolute Gasteiger partial charge is 0.388 e. The van der Waals surface area contributed by atoms with Crippen molar-refractivity contribution >= 4 is 22.8 Å². The Labute approximate surface area is 252 Å². The van der Waals surface area contributed by atoms with Crippen LogP contribution in [0.4, 0.5) is 13.2 Å². The van der Waals surface area contributed by atoms with Crippen LogP contribution in [0, 0.1) is 10.8 Å². The number of hydrogen-bond donors (Lipinski definition) is 6. The molecule has 3 heterocycles. The maximum absolute atomic E-state index is 13.9. The van der Waals surface area contributed by atoms with Crippen LogP contribution in [0.15, 0.2) is 65.6 Å². The molecule has 2 aromatic heterocycles. The van der Waals surface area contributed by atoms with Crippen molar-refractivity contribution in [3.63, 3.8) is 0 Å². The van der Waals surface area contributed by atoms with Crippen LogP contribution in [-0.2, 0) is 6.42 Å². The predicted molar refractivity (Wildman–Crippen MR) is 165 cm³/mol. The lowest BCUT2D eigenvalue weighted by atomic mass is 10.0. The lowest BCUT2D eigenvalue weighted by molar-refractivity contribution is -0.161. The second-order valence-electron chi connectivity index (χ2n) is 11.2. The van der Waals surface area contributed by atoms with Crippen molar-refractivity contribution < 1.29 is 13.2 Å². The number of amidine groups is 1. The van der Waals surface area contributed by atoms with E-state index >= 15 is 0 Å². The molecule has 10 nitrogen and oxygen atoms in total. The highest BCUT2D eigenvalue weighted by atomic mass is 19.4. The maximum atomic E-state index is 13.9. The summed E-state index contributed by atoms with van der Waals surface area (Å²) >= 11 is 0. The van der Waals surface area contributed by atoms with Gasteiger partial charge in [0.1, 0.15) is 11.7 Å². The van der Waals surface area contributed by atoms with Crippen molar-refractivity contribution in [2.45, 2.75) is 56.8 Å².